The van der Waals surface area contributed by atoms with E-state index in [1.54, 1.807) is 0 Å². The summed E-state index contributed by atoms with van der Waals surface area (Å²) in [6.45, 7) is 4.43. The van der Waals surface area contributed by atoms with E-state index in [1.807, 2.05) is 0 Å². The van der Waals surface area contributed by atoms with Crippen LogP contribution in [0.4, 0.5) is 0 Å². The maximum Gasteiger partial charge on any atom is 0.0709 e. The summed E-state index contributed by atoms with van der Waals surface area (Å²) in [5, 5.41) is 0. The van der Waals surface area contributed by atoms with Crippen LogP contribution >= 0.6 is 0 Å². The minimum Gasteiger partial charge on any atom is -0.248 e. The van der Waals surface area contributed by atoms with Crippen LogP contribution in [0, 0.1) is 0 Å². The van der Waals surface area contributed by atoms with Gasteiger partial charge in [-0.1, -0.05) is 69.2 Å². The fourth-order valence-electron chi connectivity index (χ4n) is 3.11. The van der Waals surface area contributed by atoms with E-state index >= 15 is 0 Å². The van der Waals surface area contributed by atoms with E-state index in [0.717, 1.165) is 24.2 Å². The molecular formula is C23H25N. The summed E-state index contributed by atoms with van der Waals surface area (Å²) in [7, 11) is 0. The van der Waals surface area contributed by atoms with Crippen LogP contribution in [-0.2, 0) is 12.8 Å². The van der Waals surface area contributed by atoms with Crippen LogP contribution in [-0.4, -0.2) is 4.98 Å². The second kappa shape index (κ2) is 7.92. The molecule has 3 rings (SSSR count). The van der Waals surface area contributed by atoms with Crippen LogP contribution in [0.25, 0.3) is 22.5 Å². The molecule has 3 aromatic rings. The molecule has 0 spiro atoms. The molecule has 0 saturated carbocycles. The molecule has 0 aliphatic rings. The molecule has 24 heavy (non-hydrogen) atoms. The first-order chi connectivity index (χ1) is 11.8. The third kappa shape index (κ3) is 3.91. The van der Waals surface area contributed by atoms with E-state index in [1.165, 1.54) is 35.1 Å². The average molecular weight is 315 g/mol. The van der Waals surface area contributed by atoms with Crippen molar-refractivity contribution in [2.24, 2.45) is 0 Å². The van der Waals surface area contributed by atoms with Crippen molar-refractivity contribution in [1.29, 1.82) is 0 Å². The number of pyridine rings is 1. The fraction of sp³-hybridized carbons (Fsp3) is 0.261. The van der Waals surface area contributed by atoms with E-state index in [0.29, 0.717) is 0 Å². The van der Waals surface area contributed by atoms with Crippen LogP contribution in [0.1, 0.15) is 37.8 Å². The first-order valence-corrected chi connectivity index (χ1v) is 8.96. The van der Waals surface area contributed by atoms with Gasteiger partial charge in [0.1, 0.15) is 0 Å². The Morgan fingerprint density at radius 3 is 1.54 bits per heavy atom. The summed E-state index contributed by atoms with van der Waals surface area (Å²) in [4.78, 5) is 4.92. The molecule has 122 valence electrons. The van der Waals surface area contributed by atoms with Gasteiger partial charge in [-0.25, -0.2) is 4.98 Å². The number of rotatable bonds is 6. The number of nitrogens with zero attached hydrogens (tertiary/aromatic N) is 1. The molecule has 0 radical (unpaired) electrons. The Kier molecular flexibility index (Phi) is 5.43. The van der Waals surface area contributed by atoms with Crippen molar-refractivity contribution in [3.63, 3.8) is 0 Å². The highest BCUT2D eigenvalue weighted by Gasteiger charge is 2.05. The Labute approximate surface area is 145 Å². The van der Waals surface area contributed by atoms with Gasteiger partial charge in [-0.15, -0.1) is 0 Å². The summed E-state index contributed by atoms with van der Waals surface area (Å²) >= 11 is 0. The van der Waals surface area contributed by atoms with Crippen molar-refractivity contribution in [3.05, 3.63) is 77.9 Å². The predicted molar refractivity (Wildman–Crippen MR) is 103 cm³/mol. The summed E-state index contributed by atoms with van der Waals surface area (Å²) in [5.74, 6) is 0. The van der Waals surface area contributed by atoms with Gasteiger partial charge in [0, 0.05) is 11.1 Å². The number of aryl methyl sites for hydroxylation is 2. The lowest BCUT2D eigenvalue weighted by molar-refractivity contribution is 0.922. The summed E-state index contributed by atoms with van der Waals surface area (Å²) in [6.07, 6.45) is 4.57. The normalized spacial score (nSPS) is 10.8. The smallest absolute Gasteiger partial charge is 0.0709 e. The van der Waals surface area contributed by atoms with Crippen LogP contribution in [0.3, 0.4) is 0 Å². The van der Waals surface area contributed by atoms with Crippen molar-refractivity contribution in [2.75, 3.05) is 0 Å². The van der Waals surface area contributed by atoms with Gasteiger partial charge in [0.25, 0.3) is 0 Å². The van der Waals surface area contributed by atoms with Crippen molar-refractivity contribution >= 4 is 0 Å². The topological polar surface area (TPSA) is 12.9 Å². The summed E-state index contributed by atoms with van der Waals surface area (Å²) in [6, 6.07) is 23.8. The van der Waals surface area contributed by atoms with Crippen LogP contribution in [0.2, 0.25) is 0 Å². The number of benzene rings is 2. The highest BCUT2D eigenvalue weighted by molar-refractivity contribution is 5.66. The first-order valence-electron chi connectivity index (χ1n) is 8.96. The van der Waals surface area contributed by atoms with Gasteiger partial charge < -0.3 is 0 Å². The van der Waals surface area contributed by atoms with E-state index in [2.05, 4.69) is 80.6 Å². The molecule has 0 aliphatic carbocycles. The first kappa shape index (κ1) is 16.4. The van der Waals surface area contributed by atoms with Gasteiger partial charge in [0.2, 0.25) is 0 Å². The van der Waals surface area contributed by atoms with Crippen molar-refractivity contribution in [3.8, 4) is 22.5 Å². The quantitative estimate of drug-likeness (QED) is 0.518. The highest BCUT2D eigenvalue weighted by atomic mass is 14.7. The maximum atomic E-state index is 4.92. The lowest BCUT2D eigenvalue weighted by Crippen LogP contribution is -1.91. The summed E-state index contributed by atoms with van der Waals surface area (Å²) in [5.41, 5.74) is 7.26. The maximum absolute atomic E-state index is 4.92. The van der Waals surface area contributed by atoms with Crippen LogP contribution in [0.15, 0.2) is 66.7 Å². The molecule has 0 N–H and O–H groups in total. The largest absolute Gasteiger partial charge is 0.248 e. The van der Waals surface area contributed by atoms with Gasteiger partial charge >= 0.3 is 0 Å². The third-order valence-electron chi connectivity index (χ3n) is 4.27. The Balaban J connectivity index is 1.94. The Hall–Kier alpha value is -2.41. The van der Waals surface area contributed by atoms with E-state index < -0.39 is 0 Å². The number of hydrogen-bond donors (Lipinski definition) is 0. The monoisotopic (exact) mass is 315 g/mol. The summed E-state index contributed by atoms with van der Waals surface area (Å²) < 4.78 is 0. The van der Waals surface area contributed by atoms with Gasteiger partial charge in [0.05, 0.1) is 11.4 Å². The zero-order valence-electron chi connectivity index (χ0n) is 14.6. The van der Waals surface area contributed by atoms with Crippen LogP contribution < -0.4 is 0 Å². The molecular weight excluding hydrogens is 290 g/mol. The van der Waals surface area contributed by atoms with E-state index in [-0.39, 0.29) is 0 Å². The van der Waals surface area contributed by atoms with E-state index in [4.69, 9.17) is 4.98 Å². The second-order valence-corrected chi connectivity index (χ2v) is 6.31. The minimum absolute atomic E-state index is 1.05. The second-order valence-electron chi connectivity index (χ2n) is 6.31. The number of aromatic nitrogens is 1. The van der Waals surface area contributed by atoms with Crippen molar-refractivity contribution in [2.45, 2.75) is 39.5 Å². The van der Waals surface area contributed by atoms with Crippen LogP contribution in [0.5, 0.6) is 0 Å². The van der Waals surface area contributed by atoms with Gasteiger partial charge in [0.15, 0.2) is 0 Å². The molecule has 1 heteroatoms. The van der Waals surface area contributed by atoms with Gasteiger partial charge in [-0.05, 0) is 48.2 Å². The van der Waals surface area contributed by atoms with E-state index in [9.17, 15) is 0 Å². The Morgan fingerprint density at radius 1 is 0.625 bits per heavy atom. The molecule has 1 nitrogen and oxygen atoms in total. The van der Waals surface area contributed by atoms with Gasteiger partial charge in [-0.2, -0.15) is 0 Å². The molecule has 0 fully saturated rings. The standard InChI is InChI=1S/C23H25N/c1-3-8-18-10-5-12-20(16-18)22-14-7-15-23(24-22)21-13-6-11-19(17-21)9-4-2/h5-7,10-17H,3-4,8-9H2,1-2H3. The fourth-order valence-corrected chi connectivity index (χ4v) is 3.11. The molecule has 0 aliphatic heterocycles. The number of hydrogen-bond acceptors (Lipinski definition) is 1. The van der Waals surface area contributed by atoms with Gasteiger partial charge in [-0.3, -0.25) is 0 Å². The molecule has 0 bridgehead atoms. The third-order valence-corrected chi connectivity index (χ3v) is 4.27. The molecule has 0 unspecified atom stereocenters. The Morgan fingerprint density at radius 2 is 1.08 bits per heavy atom. The lowest BCUT2D eigenvalue weighted by atomic mass is 10.0. The molecule has 0 saturated heterocycles. The predicted octanol–water partition coefficient (Wildman–Crippen LogP) is 6.32. The highest BCUT2D eigenvalue weighted by Crippen LogP contribution is 2.24. The van der Waals surface area contributed by atoms with Crippen molar-refractivity contribution in [1.82, 2.24) is 4.98 Å². The lowest BCUT2D eigenvalue weighted by Gasteiger charge is -2.08. The SMILES string of the molecule is CCCc1cccc(-c2cccc(-c3cccc(CCC)c3)n2)c1. The zero-order chi connectivity index (χ0) is 16.8. The van der Waals surface area contributed by atoms with Crippen molar-refractivity contribution < 1.29 is 0 Å². The molecule has 0 atom stereocenters. The molecule has 2 aromatic carbocycles. The Bertz CT molecular complexity index is 740. The molecule has 0 amide bonds. The minimum atomic E-state index is 1.05. The zero-order valence-corrected chi connectivity index (χ0v) is 14.6. The average Bonchev–Trinajstić information content (AvgIpc) is 2.63. The molecule has 1 aromatic heterocycles. The molecule has 1 heterocycles.